The van der Waals surface area contributed by atoms with Crippen LogP contribution in [0.3, 0.4) is 0 Å². The van der Waals surface area contributed by atoms with Crippen molar-refractivity contribution in [2.45, 2.75) is 44.0 Å². The van der Waals surface area contributed by atoms with Gasteiger partial charge in [-0.2, -0.15) is 5.10 Å². The molecule has 0 atom stereocenters. The molecule has 1 N–H and O–H groups in total. The summed E-state index contributed by atoms with van der Waals surface area (Å²) in [7, 11) is -3.62. The van der Waals surface area contributed by atoms with Crippen LogP contribution in [-0.4, -0.2) is 23.2 Å². The Kier molecular flexibility index (Phi) is 5.73. The highest BCUT2D eigenvalue weighted by molar-refractivity contribution is 7.88. The van der Waals surface area contributed by atoms with E-state index in [1.165, 1.54) is 31.0 Å². The number of benzene rings is 1. The fourth-order valence-electron chi connectivity index (χ4n) is 3.75. The van der Waals surface area contributed by atoms with Crippen LogP contribution in [0.4, 0.5) is 4.39 Å². The van der Waals surface area contributed by atoms with E-state index in [1.807, 2.05) is 28.9 Å². The molecule has 0 unspecified atom stereocenters. The van der Waals surface area contributed by atoms with Gasteiger partial charge in [0.15, 0.2) is 0 Å². The summed E-state index contributed by atoms with van der Waals surface area (Å²) in [6.45, 7) is 0.0806. The van der Waals surface area contributed by atoms with Crippen molar-refractivity contribution in [1.29, 1.82) is 0 Å². The van der Waals surface area contributed by atoms with E-state index in [1.54, 1.807) is 12.3 Å². The summed E-state index contributed by atoms with van der Waals surface area (Å²) >= 11 is 0. The van der Waals surface area contributed by atoms with E-state index in [-0.39, 0.29) is 12.3 Å². The molecular weight excluding hydrogens is 391 g/mol. The Bertz CT molecular complexity index is 1080. The first-order valence-corrected chi connectivity index (χ1v) is 11.4. The number of hydrogen-bond acceptors (Lipinski definition) is 4. The highest BCUT2D eigenvalue weighted by atomic mass is 32.2. The first-order valence-electron chi connectivity index (χ1n) is 9.72. The lowest BCUT2D eigenvalue weighted by Gasteiger charge is -2.13. The molecule has 2 aromatic heterocycles. The van der Waals surface area contributed by atoms with Crippen LogP contribution in [0.5, 0.6) is 0 Å². The molecule has 0 amide bonds. The average molecular weight is 415 g/mol. The summed E-state index contributed by atoms with van der Waals surface area (Å²) in [4.78, 5) is 4.43. The van der Waals surface area contributed by atoms with Crippen LogP contribution < -0.4 is 4.72 Å². The number of pyridine rings is 1. The topological polar surface area (TPSA) is 76.9 Å². The van der Waals surface area contributed by atoms with Crippen LogP contribution >= 0.6 is 0 Å². The van der Waals surface area contributed by atoms with E-state index in [9.17, 15) is 12.8 Å². The first-order chi connectivity index (χ1) is 14.0. The summed E-state index contributed by atoms with van der Waals surface area (Å²) in [5.74, 6) is -0.728. The first kappa shape index (κ1) is 19.7. The summed E-state index contributed by atoms with van der Waals surface area (Å²) < 4.78 is 42.7. The second-order valence-corrected chi connectivity index (χ2v) is 9.14. The largest absolute Gasteiger partial charge is 0.260 e. The predicted molar refractivity (Wildman–Crippen MR) is 109 cm³/mol. The van der Waals surface area contributed by atoms with Crippen molar-refractivity contribution in [2.75, 3.05) is 0 Å². The third-order valence-corrected chi connectivity index (χ3v) is 6.40. The van der Waals surface area contributed by atoms with Crippen LogP contribution in [0.25, 0.3) is 11.4 Å². The van der Waals surface area contributed by atoms with Gasteiger partial charge in [0.25, 0.3) is 0 Å². The predicted octanol–water partition coefficient (Wildman–Crippen LogP) is 3.82. The van der Waals surface area contributed by atoms with Crippen molar-refractivity contribution in [3.05, 3.63) is 71.8 Å². The highest BCUT2D eigenvalue weighted by Gasteiger charge is 2.23. The Morgan fingerprint density at radius 2 is 1.93 bits per heavy atom. The Hall–Kier alpha value is -2.58. The number of rotatable bonds is 7. The number of aromatic nitrogens is 3. The number of halogens is 1. The van der Waals surface area contributed by atoms with Crippen LogP contribution in [0.15, 0.2) is 54.7 Å². The molecule has 1 aliphatic rings. The van der Waals surface area contributed by atoms with Gasteiger partial charge in [-0.15, -0.1) is 0 Å². The van der Waals surface area contributed by atoms with Gasteiger partial charge in [0.2, 0.25) is 10.0 Å². The summed E-state index contributed by atoms with van der Waals surface area (Å²) in [5.41, 5.74) is 2.76. The van der Waals surface area contributed by atoms with E-state index in [2.05, 4.69) is 14.8 Å². The van der Waals surface area contributed by atoms with Crippen molar-refractivity contribution in [3.63, 3.8) is 0 Å². The number of nitrogens with zero attached hydrogens (tertiary/aromatic N) is 3. The van der Waals surface area contributed by atoms with Crippen LogP contribution in [-0.2, 0) is 22.3 Å². The van der Waals surface area contributed by atoms with Gasteiger partial charge in [-0.1, -0.05) is 31.0 Å². The zero-order valence-corrected chi connectivity index (χ0v) is 16.8. The van der Waals surface area contributed by atoms with Gasteiger partial charge in [0, 0.05) is 6.20 Å². The molecule has 1 aliphatic carbocycles. The molecule has 0 aliphatic heterocycles. The van der Waals surface area contributed by atoms with Gasteiger partial charge in [0.05, 0.1) is 35.4 Å². The lowest BCUT2D eigenvalue weighted by molar-refractivity contribution is 0.466. The summed E-state index contributed by atoms with van der Waals surface area (Å²) in [6, 6.07) is 13.5. The monoisotopic (exact) mass is 414 g/mol. The third-order valence-electron chi connectivity index (χ3n) is 5.10. The van der Waals surface area contributed by atoms with Crippen molar-refractivity contribution >= 4 is 10.0 Å². The normalized spacial score (nSPS) is 15.1. The maximum Gasteiger partial charge on any atom is 0.216 e. The lowest BCUT2D eigenvalue weighted by atomic mass is 10.2. The Morgan fingerprint density at radius 1 is 1.10 bits per heavy atom. The molecule has 0 radical (unpaired) electrons. The molecule has 0 bridgehead atoms. The van der Waals surface area contributed by atoms with E-state index in [0.29, 0.717) is 17.3 Å². The zero-order chi connectivity index (χ0) is 20.3. The minimum atomic E-state index is -3.62. The highest BCUT2D eigenvalue weighted by Crippen LogP contribution is 2.33. The van der Waals surface area contributed by atoms with Gasteiger partial charge in [-0.25, -0.2) is 17.5 Å². The smallest absolute Gasteiger partial charge is 0.216 e. The van der Waals surface area contributed by atoms with Crippen LogP contribution in [0.2, 0.25) is 0 Å². The molecule has 1 fully saturated rings. The molecule has 1 saturated carbocycles. The molecule has 0 saturated heterocycles. The van der Waals surface area contributed by atoms with Crippen LogP contribution in [0, 0.1) is 5.82 Å². The zero-order valence-electron chi connectivity index (χ0n) is 16.0. The Balaban J connectivity index is 1.52. The molecule has 3 aromatic rings. The maximum atomic E-state index is 13.3. The second kappa shape index (κ2) is 8.42. The van der Waals surface area contributed by atoms with Gasteiger partial charge < -0.3 is 0 Å². The van der Waals surface area contributed by atoms with Crippen molar-refractivity contribution in [2.24, 2.45) is 0 Å². The number of nitrogens with one attached hydrogen (secondary N) is 1. The van der Waals surface area contributed by atoms with E-state index in [4.69, 9.17) is 0 Å². The number of hydrogen-bond donors (Lipinski definition) is 1. The second-order valence-electron chi connectivity index (χ2n) is 7.33. The molecule has 8 heteroatoms. The van der Waals surface area contributed by atoms with Gasteiger partial charge >= 0.3 is 0 Å². The van der Waals surface area contributed by atoms with E-state index in [0.717, 1.165) is 24.2 Å². The Morgan fingerprint density at radius 3 is 2.66 bits per heavy atom. The van der Waals surface area contributed by atoms with Crippen molar-refractivity contribution in [1.82, 2.24) is 19.5 Å². The summed E-state index contributed by atoms with van der Waals surface area (Å²) in [5, 5.41) is 4.68. The molecule has 152 valence electrons. The molecule has 1 aromatic carbocycles. The van der Waals surface area contributed by atoms with Gasteiger partial charge in [0.1, 0.15) is 5.82 Å². The number of sulfonamides is 1. The fourth-order valence-corrected chi connectivity index (χ4v) is 4.83. The van der Waals surface area contributed by atoms with Crippen molar-refractivity contribution in [3.8, 4) is 11.4 Å². The fraction of sp³-hybridized carbons (Fsp3) is 0.333. The van der Waals surface area contributed by atoms with Gasteiger partial charge in [-0.3, -0.25) is 9.67 Å². The summed E-state index contributed by atoms with van der Waals surface area (Å²) in [6.07, 6.45) is 6.20. The van der Waals surface area contributed by atoms with E-state index >= 15 is 0 Å². The standard InChI is InChI=1S/C21H23FN4O2S/c22-17-7-5-6-16(12-17)15-29(27,28)24-14-18-13-21(20-10-3-4-11-23-20)26(25-18)19-8-1-2-9-19/h3-7,10-13,19,24H,1-2,8-9,14-15H2. The molecule has 4 rings (SSSR count). The minimum absolute atomic E-state index is 0.0806. The van der Waals surface area contributed by atoms with E-state index < -0.39 is 15.8 Å². The lowest BCUT2D eigenvalue weighted by Crippen LogP contribution is -2.25. The van der Waals surface area contributed by atoms with Crippen LogP contribution in [0.1, 0.15) is 43.0 Å². The molecule has 29 heavy (non-hydrogen) atoms. The maximum absolute atomic E-state index is 13.3. The molecule has 0 spiro atoms. The average Bonchev–Trinajstić information content (AvgIpc) is 3.37. The molecule has 6 nitrogen and oxygen atoms in total. The van der Waals surface area contributed by atoms with Crippen molar-refractivity contribution < 1.29 is 12.8 Å². The van der Waals surface area contributed by atoms with Gasteiger partial charge in [-0.05, 0) is 48.7 Å². The third kappa shape index (κ3) is 4.89. The minimum Gasteiger partial charge on any atom is -0.260 e. The Labute approximate surface area is 169 Å². The quantitative estimate of drug-likeness (QED) is 0.638. The molecular formula is C21H23FN4O2S. The SMILES string of the molecule is O=S(=O)(Cc1cccc(F)c1)NCc1cc(-c2ccccn2)n(C2CCCC2)n1. The molecule has 2 heterocycles.